The number of nitriles is 1. The van der Waals surface area contributed by atoms with Gasteiger partial charge in [0, 0.05) is 12.5 Å². The zero-order valence-corrected chi connectivity index (χ0v) is 6.38. The molecule has 3 nitrogen and oxygen atoms in total. The molecule has 2 fully saturated rings. The van der Waals surface area contributed by atoms with Gasteiger partial charge in [0.1, 0.15) is 6.04 Å². The minimum atomic E-state index is -0.555. The van der Waals surface area contributed by atoms with Crippen LogP contribution in [0.25, 0.3) is 0 Å². The summed E-state index contributed by atoms with van der Waals surface area (Å²) >= 11 is 0. The molecule has 1 saturated heterocycles. The molecule has 0 aromatic heterocycles. The van der Waals surface area contributed by atoms with Crippen molar-refractivity contribution in [2.75, 3.05) is 6.54 Å². The van der Waals surface area contributed by atoms with Gasteiger partial charge in [-0.3, -0.25) is 5.32 Å². The van der Waals surface area contributed by atoms with Crippen molar-refractivity contribution >= 4 is 0 Å². The molecule has 0 aromatic rings. The van der Waals surface area contributed by atoms with Crippen LogP contribution in [0.15, 0.2) is 0 Å². The van der Waals surface area contributed by atoms with Gasteiger partial charge in [0.05, 0.1) is 11.7 Å². The van der Waals surface area contributed by atoms with Gasteiger partial charge in [0.2, 0.25) is 0 Å². The number of hydrogen-bond donors (Lipinski definition) is 2. The number of β-amino-alcohol motifs (C(OH)–C–C–N with tert-alkyl or cyclic N) is 1. The first-order chi connectivity index (χ1) is 5.26. The largest absolute Gasteiger partial charge is 0.388 e. The number of aliphatic hydroxyl groups is 1. The third-order valence-corrected chi connectivity index (χ3v) is 2.98. The van der Waals surface area contributed by atoms with Crippen LogP contribution in [0.1, 0.15) is 19.3 Å². The van der Waals surface area contributed by atoms with Crippen LogP contribution in [-0.4, -0.2) is 23.3 Å². The Kier molecular flexibility index (Phi) is 1.41. The van der Waals surface area contributed by atoms with Crippen LogP contribution < -0.4 is 5.32 Å². The van der Waals surface area contributed by atoms with E-state index in [1.807, 2.05) is 0 Å². The summed E-state index contributed by atoms with van der Waals surface area (Å²) < 4.78 is 0. The molecule has 0 aromatic carbocycles. The van der Waals surface area contributed by atoms with E-state index in [9.17, 15) is 5.11 Å². The molecule has 3 unspecified atom stereocenters. The van der Waals surface area contributed by atoms with Crippen LogP contribution in [0.4, 0.5) is 0 Å². The van der Waals surface area contributed by atoms with E-state index in [1.165, 1.54) is 0 Å². The van der Waals surface area contributed by atoms with Crippen LogP contribution in [-0.2, 0) is 0 Å². The van der Waals surface area contributed by atoms with Gasteiger partial charge in [-0.15, -0.1) is 0 Å². The van der Waals surface area contributed by atoms with E-state index < -0.39 is 5.60 Å². The van der Waals surface area contributed by atoms with E-state index in [0.717, 1.165) is 19.3 Å². The molecule has 1 saturated carbocycles. The molecular formula is C8H12N2O. The summed E-state index contributed by atoms with van der Waals surface area (Å²) in [6.07, 6.45) is 2.94. The summed E-state index contributed by atoms with van der Waals surface area (Å²) in [4.78, 5) is 0. The molecule has 0 amide bonds. The Morgan fingerprint density at radius 1 is 1.64 bits per heavy atom. The quantitative estimate of drug-likeness (QED) is 0.514. The SMILES string of the molecule is N#CC1NCC2(O)CCCC12. The van der Waals surface area contributed by atoms with Crippen molar-refractivity contribution < 1.29 is 5.11 Å². The molecule has 3 heteroatoms. The van der Waals surface area contributed by atoms with Crippen LogP contribution in [0.2, 0.25) is 0 Å². The molecule has 2 N–H and O–H groups in total. The van der Waals surface area contributed by atoms with Gasteiger partial charge >= 0.3 is 0 Å². The van der Waals surface area contributed by atoms with Crippen LogP contribution in [0.5, 0.6) is 0 Å². The lowest BCUT2D eigenvalue weighted by molar-refractivity contribution is 0.0353. The number of nitrogens with zero attached hydrogens (tertiary/aromatic N) is 1. The lowest BCUT2D eigenvalue weighted by Gasteiger charge is -2.20. The highest BCUT2D eigenvalue weighted by atomic mass is 16.3. The maximum absolute atomic E-state index is 9.92. The van der Waals surface area contributed by atoms with Gasteiger partial charge in [0.25, 0.3) is 0 Å². The lowest BCUT2D eigenvalue weighted by atomic mass is 9.90. The van der Waals surface area contributed by atoms with Crippen molar-refractivity contribution in [1.82, 2.24) is 5.32 Å². The fraction of sp³-hybridized carbons (Fsp3) is 0.875. The molecule has 0 spiro atoms. The van der Waals surface area contributed by atoms with Gasteiger partial charge in [-0.25, -0.2) is 0 Å². The monoisotopic (exact) mass is 152 g/mol. The number of hydrogen-bond acceptors (Lipinski definition) is 3. The molecule has 1 heterocycles. The van der Waals surface area contributed by atoms with Crippen molar-refractivity contribution in [3.63, 3.8) is 0 Å². The number of nitrogens with one attached hydrogen (secondary N) is 1. The second-order valence-corrected chi connectivity index (χ2v) is 3.59. The van der Waals surface area contributed by atoms with Gasteiger partial charge in [-0.1, -0.05) is 6.42 Å². The van der Waals surface area contributed by atoms with Gasteiger partial charge in [0.15, 0.2) is 0 Å². The Balaban J connectivity index is 2.21. The van der Waals surface area contributed by atoms with E-state index >= 15 is 0 Å². The summed E-state index contributed by atoms with van der Waals surface area (Å²) in [5.74, 6) is 0.187. The standard InChI is InChI=1S/C8H12N2O/c9-4-7-6-2-1-3-8(6,11)5-10-7/h6-7,10-11H,1-3,5H2. The van der Waals surface area contributed by atoms with E-state index in [0.29, 0.717) is 6.54 Å². The first-order valence-corrected chi connectivity index (χ1v) is 4.12. The molecule has 0 radical (unpaired) electrons. The Bertz CT molecular complexity index is 211. The Morgan fingerprint density at radius 2 is 2.45 bits per heavy atom. The number of rotatable bonds is 0. The van der Waals surface area contributed by atoms with Crippen LogP contribution in [0, 0.1) is 17.2 Å². The molecule has 60 valence electrons. The van der Waals surface area contributed by atoms with E-state index in [2.05, 4.69) is 11.4 Å². The molecule has 2 rings (SSSR count). The average molecular weight is 152 g/mol. The summed E-state index contributed by atoms with van der Waals surface area (Å²) in [7, 11) is 0. The molecule has 2 aliphatic rings. The van der Waals surface area contributed by atoms with Crippen molar-refractivity contribution in [1.29, 1.82) is 5.26 Å². The van der Waals surface area contributed by atoms with Crippen molar-refractivity contribution in [2.45, 2.75) is 30.9 Å². The fourth-order valence-corrected chi connectivity index (χ4v) is 2.34. The summed E-state index contributed by atoms with van der Waals surface area (Å²) in [6.45, 7) is 0.607. The second kappa shape index (κ2) is 2.20. The third kappa shape index (κ3) is 0.867. The Morgan fingerprint density at radius 3 is 3.18 bits per heavy atom. The Labute approximate surface area is 66.0 Å². The smallest absolute Gasteiger partial charge is 0.101 e. The first-order valence-electron chi connectivity index (χ1n) is 4.12. The normalized spacial score (nSPS) is 48.7. The zero-order chi connectivity index (χ0) is 7.90. The van der Waals surface area contributed by atoms with Crippen molar-refractivity contribution in [3.05, 3.63) is 0 Å². The highest BCUT2D eigenvalue weighted by Gasteiger charge is 2.50. The third-order valence-electron chi connectivity index (χ3n) is 2.98. The predicted molar refractivity (Wildman–Crippen MR) is 39.7 cm³/mol. The minimum absolute atomic E-state index is 0.109. The van der Waals surface area contributed by atoms with Crippen LogP contribution in [0.3, 0.4) is 0 Å². The second-order valence-electron chi connectivity index (χ2n) is 3.59. The van der Waals surface area contributed by atoms with Gasteiger partial charge in [-0.05, 0) is 12.8 Å². The van der Waals surface area contributed by atoms with E-state index in [4.69, 9.17) is 5.26 Å². The van der Waals surface area contributed by atoms with Gasteiger partial charge < -0.3 is 5.11 Å². The highest BCUT2D eigenvalue weighted by molar-refractivity contribution is 5.12. The zero-order valence-electron chi connectivity index (χ0n) is 6.38. The Hall–Kier alpha value is -0.590. The average Bonchev–Trinajstić information content (AvgIpc) is 2.45. The maximum atomic E-state index is 9.92. The van der Waals surface area contributed by atoms with E-state index in [1.54, 1.807) is 0 Å². The predicted octanol–water partition coefficient (Wildman–Crippen LogP) is 0.0130. The molecular weight excluding hydrogens is 140 g/mol. The highest BCUT2D eigenvalue weighted by Crippen LogP contribution is 2.40. The molecule has 3 atom stereocenters. The molecule has 11 heavy (non-hydrogen) atoms. The summed E-state index contributed by atoms with van der Waals surface area (Å²) in [5.41, 5.74) is -0.555. The minimum Gasteiger partial charge on any atom is -0.388 e. The maximum Gasteiger partial charge on any atom is 0.101 e. The van der Waals surface area contributed by atoms with Crippen molar-refractivity contribution in [2.24, 2.45) is 5.92 Å². The summed E-state index contributed by atoms with van der Waals surface area (Å²) in [5, 5.41) is 21.7. The molecule has 0 bridgehead atoms. The fourth-order valence-electron chi connectivity index (χ4n) is 2.34. The lowest BCUT2D eigenvalue weighted by Crippen LogP contribution is -2.33. The molecule has 1 aliphatic carbocycles. The van der Waals surface area contributed by atoms with Crippen molar-refractivity contribution in [3.8, 4) is 6.07 Å². The van der Waals surface area contributed by atoms with E-state index in [-0.39, 0.29) is 12.0 Å². The molecule has 1 aliphatic heterocycles. The topological polar surface area (TPSA) is 56.0 Å². The van der Waals surface area contributed by atoms with Gasteiger partial charge in [-0.2, -0.15) is 5.26 Å². The summed E-state index contributed by atoms with van der Waals surface area (Å²) in [6, 6.07) is 2.08. The van der Waals surface area contributed by atoms with Crippen LogP contribution >= 0.6 is 0 Å². The number of fused-ring (bicyclic) bond motifs is 1. The first kappa shape index (κ1) is 7.08.